The molecule has 0 fully saturated rings. The van der Waals surface area contributed by atoms with Gasteiger partial charge in [0.05, 0.1) is 12.7 Å². The second kappa shape index (κ2) is 8.01. The van der Waals surface area contributed by atoms with Gasteiger partial charge in [-0.15, -0.1) is 0 Å². The molecule has 0 saturated heterocycles. The van der Waals surface area contributed by atoms with Gasteiger partial charge in [-0.25, -0.2) is 0 Å². The number of amides is 1. The van der Waals surface area contributed by atoms with Gasteiger partial charge in [-0.05, 0) is 30.3 Å². The third-order valence-corrected chi connectivity index (χ3v) is 3.62. The maximum Gasteiger partial charge on any atom is 0.416 e. The van der Waals surface area contributed by atoms with Crippen LogP contribution in [0, 0.1) is 11.3 Å². The molecule has 0 aliphatic heterocycles. The second-order valence-electron chi connectivity index (χ2n) is 5.25. The highest BCUT2D eigenvalue weighted by Crippen LogP contribution is 2.35. The van der Waals surface area contributed by atoms with Crippen molar-refractivity contribution >= 4 is 29.3 Å². The number of anilines is 1. The van der Waals surface area contributed by atoms with E-state index in [1.54, 1.807) is 6.07 Å². The lowest BCUT2D eigenvalue weighted by atomic mass is 10.1. The first kappa shape index (κ1) is 20.1. The third kappa shape index (κ3) is 4.92. The zero-order chi connectivity index (χ0) is 20.2. The van der Waals surface area contributed by atoms with Crippen LogP contribution in [0.5, 0.6) is 11.5 Å². The molecule has 0 aliphatic rings. The molecule has 2 aromatic rings. The third-order valence-electron chi connectivity index (χ3n) is 3.40. The number of alkyl halides is 3. The van der Waals surface area contributed by atoms with Crippen LogP contribution >= 0.6 is 11.6 Å². The van der Waals surface area contributed by atoms with Crippen LogP contribution in [-0.2, 0) is 11.0 Å². The van der Waals surface area contributed by atoms with E-state index in [2.05, 4.69) is 5.32 Å². The van der Waals surface area contributed by atoms with Gasteiger partial charge < -0.3 is 15.2 Å². The fourth-order valence-electron chi connectivity index (χ4n) is 2.14. The number of aromatic hydroxyl groups is 1. The fourth-order valence-corrected chi connectivity index (χ4v) is 2.35. The van der Waals surface area contributed by atoms with Gasteiger partial charge in [-0.1, -0.05) is 17.7 Å². The van der Waals surface area contributed by atoms with Gasteiger partial charge in [0.2, 0.25) is 0 Å². The molecule has 0 heterocycles. The Balaban J connectivity index is 2.34. The number of methoxy groups -OCH3 is 1. The monoisotopic (exact) mass is 396 g/mol. The molecule has 0 saturated carbocycles. The molecular formula is C18H12ClF3N2O3. The van der Waals surface area contributed by atoms with Gasteiger partial charge in [0, 0.05) is 22.3 Å². The Morgan fingerprint density at radius 2 is 2.04 bits per heavy atom. The Bertz CT molecular complexity index is 950. The summed E-state index contributed by atoms with van der Waals surface area (Å²) < 4.78 is 43.2. The number of benzene rings is 2. The average molecular weight is 397 g/mol. The molecule has 2 aromatic carbocycles. The van der Waals surface area contributed by atoms with Gasteiger partial charge in [-0.2, -0.15) is 18.4 Å². The van der Waals surface area contributed by atoms with E-state index in [1.807, 2.05) is 0 Å². The first-order valence-electron chi connectivity index (χ1n) is 7.32. The standard InChI is InChI=1S/C18H12ClF3N2O3/c1-27-15-8-13(19)6-10(16(15)25)5-11(9-23)17(26)24-14-4-2-3-12(7-14)18(20,21)22/h2-8,25H,1H3,(H,24,26)/b11-5-. The second-order valence-corrected chi connectivity index (χ2v) is 5.68. The topological polar surface area (TPSA) is 82.3 Å². The van der Waals surface area contributed by atoms with Crippen LogP contribution in [0.1, 0.15) is 11.1 Å². The summed E-state index contributed by atoms with van der Waals surface area (Å²) in [7, 11) is 1.30. The molecule has 0 unspecified atom stereocenters. The maximum atomic E-state index is 12.7. The number of carbonyl (C=O) groups is 1. The fraction of sp³-hybridized carbons (Fsp3) is 0.111. The summed E-state index contributed by atoms with van der Waals surface area (Å²) in [5.74, 6) is -1.26. The Morgan fingerprint density at radius 3 is 2.63 bits per heavy atom. The summed E-state index contributed by atoms with van der Waals surface area (Å²) in [6, 6.07) is 8.24. The molecule has 27 heavy (non-hydrogen) atoms. The number of phenolic OH excluding ortho intramolecular Hbond substituents is 1. The van der Waals surface area contributed by atoms with Crippen molar-refractivity contribution in [2.45, 2.75) is 6.18 Å². The SMILES string of the molecule is COc1cc(Cl)cc(/C=C(/C#N)C(=O)Nc2cccc(C(F)(F)F)c2)c1O. The molecule has 1 amide bonds. The van der Waals surface area contributed by atoms with Gasteiger partial charge in [-0.3, -0.25) is 4.79 Å². The highest BCUT2D eigenvalue weighted by atomic mass is 35.5. The number of rotatable bonds is 4. The van der Waals surface area contributed by atoms with Gasteiger partial charge >= 0.3 is 6.18 Å². The number of nitrogens with one attached hydrogen (secondary N) is 1. The van der Waals surface area contributed by atoms with Crippen LogP contribution in [0.25, 0.3) is 6.08 Å². The molecule has 0 atom stereocenters. The smallest absolute Gasteiger partial charge is 0.416 e. The summed E-state index contributed by atoms with van der Waals surface area (Å²) in [6.07, 6.45) is -3.52. The van der Waals surface area contributed by atoms with Crippen LogP contribution in [-0.4, -0.2) is 18.1 Å². The van der Waals surface area contributed by atoms with Crippen molar-refractivity contribution in [2.75, 3.05) is 12.4 Å². The molecule has 140 valence electrons. The molecule has 0 spiro atoms. The number of hydrogen-bond donors (Lipinski definition) is 2. The number of nitriles is 1. The molecule has 2 N–H and O–H groups in total. The number of phenols is 1. The molecule has 9 heteroatoms. The lowest BCUT2D eigenvalue weighted by Gasteiger charge is -2.10. The maximum absolute atomic E-state index is 12.7. The van der Waals surface area contributed by atoms with Crippen molar-refractivity contribution in [3.8, 4) is 17.6 Å². The number of carbonyl (C=O) groups excluding carboxylic acids is 1. The zero-order valence-corrected chi connectivity index (χ0v) is 14.5. The quantitative estimate of drug-likeness (QED) is 0.583. The van der Waals surface area contributed by atoms with Gasteiger partial charge in [0.1, 0.15) is 11.6 Å². The normalized spacial score (nSPS) is 11.6. The van der Waals surface area contributed by atoms with Crippen molar-refractivity contribution in [1.82, 2.24) is 0 Å². The molecule has 2 rings (SSSR count). The highest BCUT2D eigenvalue weighted by molar-refractivity contribution is 6.31. The summed E-state index contributed by atoms with van der Waals surface area (Å²) in [4.78, 5) is 12.2. The minimum absolute atomic E-state index is 0.0318. The van der Waals surface area contributed by atoms with Crippen molar-refractivity contribution in [3.63, 3.8) is 0 Å². The van der Waals surface area contributed by atoms with Crippen LogP contribution in [0.2, 0.25) is 5.02 Å². The molecule has 0 radical (unpaired) electrons. The van der Waals surface area contributed by atoms with E-state index in [9.17, 15) is 28.3 Å². The number of nitrogens with zero attached hydrogens (tertiary/aromatic N) is 1. The van der Waals surface area contributed by atoms with Crippen molar-refractivity contribution < 1.29 is 27.8 Å². The van der Waals surface area contributed by atoms with E-state index < -0.39 is 23.2 Å². The minimum Gasteiger partial charge on any atom is -0.504 e. The van der Waals surface area contributed by atoms with Crippen molar-refractivity contribution in [3.05, 3.63) is 58.1 Å². The summed E-state index contributed by atoms with van der Waals surface area (Å²) in [6.45, 7) is 0. The number of ether oxygens (including phenoxy) is 1. The molecule has 0 bridgehead atoms. The summed E-state index contributed by atoms with van der Waals surface area (Å²) in [5.41, 5.74) is -1.49. The van der Waals surface area contributed by atoms with Crippen LogP contribution < -0.4 is 10.1 Å². The molecular weight excluding hydrogens is 385 g/mol. The van der Waals surface area contributed by atoms with Crippen LogP contribution in [0.4, 0.5) is 18.9 Å². The van der Waals surface area contributed by atoms with Crippen LogP contribution in [0.3, 0.4) is 0 Å². The summed E-state index contributed by atoms with van der Waals surface area (Å²) in [5, 5.41) is 21.7. The minimum atomic E-state index is -4.57. The predicted octanol–water partition coefficient (Wildman–Crippen LogP) is 4.62. The van der Waals surface area contributed by atoms with E-state index in [4.69, 9.17) is 16.3 Å². The van der Waals surface area contributed by atoms with E-state index in [0.29, 0.717) is 0 Å². The highest BCUT2D eigenvalue weighted by Gasteiger charge is 2.30. The molecule has 0 aromatic heterocycles. The van der Waals surface area contributed by atoms with E-state index in [0.717, 1.165) is 24.3 Å². The predicted molar refractivity (Wildman–Crippen MR) is 93.3 cm³/mol. The number of hydrogen-bond acceptors (Lipinski definition) is 4. The molecule has 5 nitrogen and oxygen atoms in total. The van der Waals surface area contributed by atoms with Gasteiger partial charge in [0.25, 0.3) is 5.91 Å². The Labute approximate surface area is 157 Å². The Kier molecular flexibility index (Phi) is 5.98. The first-order chi connectivity index (χ1) is 12.7. The van der Waals surface area contributed by atoms with Gasteiger partial charge in [0.15, 0.2) is 11.5 Å². The lowest BCUT2D eigenvalue weighted by Crippen LogP contribution is -2.14. The van der Waals surface area contributed by atoms with Crippen molar-refractivity contribution in [2.24, 2.45) is 0 Å². The Hall–Kier alpha value is -3.18. The zero-order valence-electron chi connectivity index (χ0n) is 13.8. The van der Waals surface area contributed by atoms with E-state index in [1.165, 1.54) is 25.3 Å². The van der Waals surface area contributed by atoms with Crippen molar-refractivity contribution in [1.29, 1.82) is 5.26 Å². The Morgan fingerprint density at radius 1 is 1.33 bits per heavy atom. The molecule has 0 aliphatic carbocycles. The average Bonchev–Trinajstić information content (AvgIpc) is 2.61. The lowest BCUT2D eigenvalue weighted by molar-refractivity contribution is -0.137. The largest absolute Gasteiger partial charge is 0.504 e. The summed E-state index contributed by atoms with van der Waals surface area (Å²) >= 11 is 5.89. The number of halogens is 4. The first-order valence-corrected chi connectivity index (χ1v) is 7.70. The van der Waals surface area contributed by atoms with E-state index in [-0.39, 0.29) is 27.8 Å². The van der Waals surface area contributed by atoms with Crippen LogP contribution in [0.15, 0.2) is 42.0 Å². The van der Waals surface area contributed by atoms with E-state index >= 15 is 0 Å².